The minimum absolute atomic E-state index is 0.201. The van der Waals surface area contributed by atoms with Crippen molar-refractivity contribution in [3.8, 4) is 5.75 Å². The van der Waals surface area contributed by atoms with Gasteiger partial charge in [-0.2, -0.15) is 0 Å². The quantitative estimate of drug-likeness (QED) is 0.759. The lowest BCUT2D eigenvalue weighted by Gasteiger charge is -1.97. The number of phenols is 1. The Kier molecular flexibility index (Phi) is 1.81. The Bertz CT molecular complexity index is 406. The fourth-order valence-corrected chi connectivity index (χ4v) is 1.52. The van der Waals surface area contributed by atoms with Gasteiger partial charge in [-0.25, -0.2) is 0 Å². The Morgan fingerprint density at radius 2 is 2.25 bits per heavy atom. The molecule has 3 heteroatoms. The number of fused-ring (bicyclic) bond motifs is 1. The summed E-state index contributed by atoms with van der Waals surface area (Å²) in [4.78, 5) is 0. The molecule has 0 atom stereocenters. The first kappa shape index (κ1) is 7.68. The Balaban J connectivity index is 2.75. The van der Waals surface area contributed by atoms with Crippen molar-refractivity contribution >= 4 is 26.9 Å². The van der Waals surface area contributed by atoms with E-state index in [9.17, 15) is 5.11 Å². The molecule has 1 heterocycles. The maximum atomic E-state index is 9.46. The van der Waals surface area contributed by atoms with Crippen LogP contribution in [-0.2, 0) is 5.33 Å². The molecule has 62 valence electrons. The predicted molar refractivity (Wildman–Crippen MR) is 50.5 cm³/mol. The zero-order chi connectivity index (χ0) is 8.55. The van der Waals surface area contributed by atoms with E-state index in [1.807, 2.05) is 12.1 Å². The van der Waals surface area contributed by atoms with Crippen molar-refractivity contribution in [1.82, 2.24) is 0 Å². The molecule has 1 N–H and O–H groups in total. The van der Waals surface area contributed by atoms with Crippen LogP contribution in [0.2, 0.25) is 0 Å². The van der Waals surface area contributed by atoms with Crippen molar-refractivity contribution in [1.29, 1.82) is 0 Å². The van der Waals surface area contributed by atoms with Crippen LogP contribution in [0.1, 0.15) is 5.56 Å². The lowest BCUT2D eigenvalue weighted by molar-refractivity contribution is 0.464. The van der Waals surface area contributed by atoms with Crippen LogP contribution in [-0.4, -0.2) is 5.11 Å². The second-order valence-corrected chi connectivity index (χ2v) is 3.15. The number of phenolic OH excluding ortho intramolecular Hbond substituents is 1. The molecule has 0 aliphatic carbocycles. The van der Waals surface area contributed by atoms with E-state index in [1.165, 1.54) is 0 Å². The average Bonchev–Trinajstić information content (AvgIpc) is 2.52. The highest BCUT2D eigenvalue weighted by Crippen LogP contribution is 2.27. The molecule has 0 fully saturated rings. The predicted octanol–water partition coefficient (Wildman–Crippen LogP) is 3.03. The Labute approximate surface area is 77.9 Å². The largest absolute Gasteiger partial charge is 0.504 e. The molecule has 0 saturated heterocycles. The van der Waals surface area contributed by atoms with Crippen molar-refractivity contribution in [2.24, 2.45) is 0 Å². The van der Waals surface area contributed by atoms with Crippen LogP contribution in [0.4, 0.5) is 0 Å². The molecule has 0 aliphatic heterocycles. The van der Waals surface area contributed by atoms with Gasteiger partial charge in [0, 0.05) is 10.7 Å². The van der Waals surface area contributed by atoms with Gasteiger partial charge in [-0.15, -0.1) is 0 Å². The van der Waals surface area contributed by atoms with Gasteiger partial charge in [-0.1, -0.05) is 15.9 Å². The van der Waals surface area contributed by atoms with E-state index in [2.05, 4.69) is 15.9 Å². The minimum atomic E-state index is 0.201. The molecule has 2 nitrogen and oxygen atoms in total. The van der Waals surface area contributed by atoms with E-state index in [1.54, 1.807) is 12.3 Å². The molecule has 12 heavy (non-hydrogen) atoms. The highest BCUT2D eigenvalue weighted by molar-refractivity contribution is 9.08. The first-order valence-corrected chi connectivity index (χ1v) is 4.68. The first-order valence-electron chi connectivity index (χ1n) is 3.56. The van der Waals surface area contributed by atoms with Gasteiger partial charge in [-0.05, 0) is 23.8 Å². The maximum Gasteiger partial charge on any atom is 0.175 e. The average molecular weight is 227 g/mol. The monoisotopic (exact) mass is 226 g/mol. The fourth-order valence-electron chi connectivity index (χ4n) is 1.20. The zero-order valence-electron chi connectivity index (χ0n) is 6.25. The summed E-state index contributed by atoms with van der Waals surface area (Å²) < 4.78 is 5.08. The van der Waals surface area contributed by atoms with E-state index >= 15 is 0 Å². The van der Waals surface area contributed by atoms with Gasteiger partial charge in [0.2, 0.25) is 0 Å². The zero-order valence-corrected chi connectivity index (χ0v) is 7.84. The molecular formula is C9H7BrO2. The fraction of sp³-hybridized carbons (Fsp3) is 0.111. The van der Waals surface area contributed by atoms with E-state index in [-0.39, 0.29) is 5.75 Å². The molecule has 2 aromatic rings. The standard InChI is InChI=1S/C9H7BrO2/c10-5-6-3-7-1-2-12-9(7)8(11)4-6/h1-4,11H,5H2. The number of furan rings is 1. The summed E-state index contributed by atoms with van der Waals surface area (Å²) in [5.74, 6) is 0.201. The van der Waals surface area contributed by atoms with Crippen LogP contribution < -0.4 is 0 Å². The summed E-state index contributed by atoms with van der Waals surface area (Å²) >= 11 is 3.32. The third kappa shape index (κ3) is 1.10. The van der Waals surface area contributed by atoms with Crippen molar-refractivity contribution in [3.05, 3.63) is 30.0 Å². The highest BCUT2D eigenvalue weighted by atomic mass is 79.9. The molecular weight excluding hydrogens is 220 g/mol. The number of aromatic hydroxyl groups is 1. The Morgan fingerprint density at radius 1 is 1.42 bits per heavy atom. The third-order valence-electron chi connectivity index (χ3n) is 1.75. The number of benzene rings is 1. The summed E-state index contributed by atoms with van der Waals surface area (Å²) in [6, 6.07) is 5.51. The topological polar surface area (TPSA) is 33.4 Å². The van der Waals surface area contributed by atoms with Gasteiger partial charge in [0.1, 0.15) is 0 Å². The van der Waals surface area contributed by atoms with Crippen LogP contribution in [0.15, 0.2) is 28.9 Å². The smallest absolute Gasteiger partial charge is 0.175 e. The number of halogens is 1. The molecule has 0 amide bonds. The normalized spacial score (nSPS) is 10.8. The minimum Gasteiger partial charge on any atom is -0.504 e. The third-order valence-corrected chi connectivity index (χ3v) is 2.39. The van der Waals surface area contributed by atoms with Crippen LogP contribution in [0.5, 0.6) is 5.75 Å². The van der Waals surface area contributed by atoms with Gasteiger partial charge in [-0.3, -0.25) is 0 Å². The van der Waals surface area contributed by atoms with Crippen molar-refractivity contribution in [2.75, 3.05) is 0 Å². The lowest BCUT2D eigenvalue weighted by Crippen LogP contribution is -1.76. The Hall–Kier alpha value is -0.960. The highest BCUT2D eigenvalue weighted by Gasteiger charge is 2.04. The SMILES string of the molecule is Oc1cc(CBr)cc2ccoc12. The molecule has 0 bridgehead atoms. The molecule has 0 unspecified atom stereocenters. The van der Waals surface area contributed by atoms with Crippen LogP contribution in [0, 0.1) is 0 Å². The van der Waals surface area contributed by atoms with Crippen molar-refractivity contribution < 1.29 is 9.52 Å². The summed E-state index contributed by atoms with van der Waals surface area (Å²) in [6.45, 7) is 0. The van der Waals surface area contributed by atoms with Crippen LogP contribution in [0.25, 0.3) is 11.0 Å². The van der Waals surface area contributed by atoms with Gasteiger partial charge in [0.15, 0.2) is 11.3 Å². The van der Waals surface area contributed by atoms with Gasteiger partial charge in [0.05, 0.1) is 6.26 Å². The van der Waals surface area contributed by atoms with Gasteiger partial charge in [0.25, 0.3) is 0 Å². The summed E-state index contributed by atoms with van der Waals surface area (Å²) in [5, 5.41) is 11.1. The summed E-state index contributed by atoms with van der Waals surface area (Å²) in [6.07, 6.45) is 1.57. The molecule has 1 aromatic heterocycles. The molecule has 0 saturated carbocycles. The molecule has 0 radical (unpaired) electrons. The molecule has 2 rings (SSSR count). The van der Waals surface area contributed by atoms with Crippen molar-refractivity contribution in [2.45, 2.75) is 5.33 Å². The van der Waals surface area contributed by atoms with Gasteiger partial charge >= 0.3 is 0 Å². The van der Waals surface area contributed by atoms with E-state index in [0.29, 0.717) is 5.58 Å². The van der Waals surface area contributed by atoms with Crippen LogP contribution >= 0.6 is 15.9 Å². The number of hydrogen-bond donors (Lipinski definition) is 1. The maximum absolute atomic E-state index is 9.46. The number of rotatable bonds is 1. The number of hydrogen-bond acceptors (Lipinski definition) is 2. The Morgan fingerprint density at radius 3 is 3.00 bits per heavy atom. The second kappa shape index (κ2) is 2.83. The lowest BCUT2D eigenvalue weighted by atomic mass is 10.2. The molecule has 1 aromatic carbocycles. The van der Waals surface area contributed by atoms with Crippen LogP contribution in [0.3, 0.4) is 0 Å². The molecule has 0 aliphatic rings. The van der Waals surface area contributed by atoms with Crippen molar-refractivity contribution in [3.63, 3.8) is 0 Å². The summed E-state index contributed by atoms with van der Waals surface area (Å²) in [7, 11) is 0. The van der Waals surface area contributed by atoms with E-state index in [4.69, 9.17) is 4.42 Å². The first-order chi connectivity index (χ1) is 5.81. The second-order valence-electron chi connectivity index (χ2n) is 2.59. The molecule has 0 spiro atoms. The van der Waals surface area contributed by atoms with E-state index in [0.717, 1.165) is 16.3 Å². The number of alkyl halides is 1. The van der Waals surface area contributed by atoms with E-state index < -0.39 is 0 Å². The summed E-state index contributed by atoms with van der Waals surface area (Å²) in [5.41, 5.74) is 1.60. The van der Waals surface area contributed by atoms with Gasteiger partial charge < -0.3 is 9.52 Å².